The van der Waals surface area contributed by atoms with Gasteiger partial charge in [0.25, 0.3) is 0 Å². The molecule has 0 unspecified atom stereocenters. The number of aryl methyl sites for hydroxylation is 1. The van der Waals surface area contributed by atoms with Gasteiger partial charge in [-0.25, -0.2) is 9.97 Å². The Kier molecular flexibility index (Phi) is 4.99. The summed E-state index contributed by atoms with van der Waals surface area (Å²) in [5, 5.41) is 0.553. The summed E-state index contributed by atoms with van der Waals surface area (Å²) >= 11 is 6.06. The van der Waals surface area contributed by atoms with Crippen LogP contribution in [0.3, 0.4) is 0 Å². The van der Waals surface area contributed by atoms with Crippen LogP contribution >= 0.6 is 11.6 Å². The van der Waals surface area contributed by atoms with Crippen LogP contribution in [0.5, 0.6) is 0 Å². The third-order valence-electron chi connectivity index (χ3n) is 3.61. The molecule has 0 N–H and O–H groups in total. The topological polar surface area (TPSA) is 32.3 Å². The summed E-state index contributed by atoms with van der Waals surface area (Å²) in [7, 11) is 4.29. The van der Waals surface area contributed by atoms with Crippen LogP contribution in [-0.4, -0.2) is 48.6 Å². The van der Waals surface area contributed by atoms with E-state index >= 15 is 0 Å². The second kappa shape index (κ2) is 6.53. The first-order chi connectivity index (χ1) is 9.08. The van der Waals surface area contributed by atoms with Gasteiger partial charge in [0.2, 0.25) is 0 Å². The largest absolute Gasteiger partial charge is 0.356 e. The number of anilines is 1. The van der Waals surface area contributed by atoms with Crippen LogP contribution < -0.4 is 4.90 Å². The number of halogens is 1. The highest BCUT2D eigenvalue weighted by Gasteiger charge is 2.21. The fraction of sp³-hybridized carbons (Fsp3) is 0.714. The molecule has 1 fully saturated rings. The number of piperidine rings is 1. The minimum absolute atomic E-state index is 0.553. The standard InChI is InChI=1S/C14H23ClN4/c1-4-13-16-12(15)9-14(17-13)19-7-5-11(6-8-19)10-18(2)3/h9,11H,4-8,10H2,1-3H3. The normalized spacial score (nSPS) is 17.2. The molecule has 0 aromatic carbocycles. The lowest BCUT2D eigenvalue weighted by molar-refractivity contribution is 0.284. The Bertz CT molecular complexity index is 414. The minimum atomic E-state index is 0.553. The summed E-state index contributed by atoms with van der Waals surface area (Å²) < 4.78 is 0. The average molecular weight is 283 g/mol. The van der Waals surface area contributed by atoms with E-state index in [-0.39, 0.29) is 0 Å². The van der Waals surface area contributed by atoms with Crippen LogP contribution in [0.1, 0.15) is 25.6 Å². The second-order valence-electron chi connectivity index (χ2n) is 5.51. The van der Waals surface area contributed by atoms with E-state index in [1.54, 1.807) is 0 Å². The van der Waals surface area contributed by atoms with Crippen molar-refractivity contribution >= 4 is 17.4 Å². The van der Waals surface area contributed by atoms with Gasteiger partial charge in [0.1, 0.15) is 16.8 Å². The lowest BCUT2D eigenvalue weighted by Gasteiger charge is -2.34. The molecule has 0 bridgehead atoms. The first-order valence-electron chi connectivity index (χ1n) is 7.01. The van der Waals surface area contributed by atoms with Gasteiger partial charge in [0, 0.05) is 32.1 Å². The minimum Gasteiger partial charge on any atom is -0.356 e. The fourth-order valence-corrected chi connectivity index (χ4v) is 2.83. The summed E-state index contributed by atoms with van der Waals surface area (Å²) in [5.74, 6) is 2.62. The first-order valence-corrected chi connectivity index (χ1v) is 7.39. The van der Waals surface area contributed by atoms with Gasteiger partial charge >= 0.3 is 0 Å². The third-order valence-corrected chi connectivity index (χ3v) is 3.80. The van der Waals surface area contributed by atoms with Gasteiger partial charge in [-0.05, 0) is 32.9 Å². The first kappa shape index (κ1) is 14.5. The molecule has 1 aliphatic rings. The molecule has 1 aliphatic heterocycles. The third kappa shape index (κ3) is 4.05. The molecule has 2 rings (SSSR count). The summed E-state index contributed by atoms with van der Waals surface area (Å²) in [5.41, 5.74) is 0. The van der Waals surface area contributed by atoms with E-state index in [1.807, 2.05) is 6.07 Å². The quantitative estimate of drug-likeness (QED) is 0.794. The van der Waals surface area contributed by atoms with Crippen LogP contribution in [-0.2, 0) is 6.42 Å². The van der Waals surface area contributed by atoms with Crippen LogP contribution in [0.4, 0.5) is 5.82 Å². The molecular formula is C14H23ClN4. The lowest BCUT2D eigenvalue weighted by atomic mass is 9.96. The zero-order valence-corrected chi connectivity index (χ0v) is 12.8. The predicted molar refractivity (Wildman–Crippen MR) is 79.9 cm³/mol. The van der Waals surface area contributed by atoms with Crippen molar-refractivity contribution in [2.24, 2.45) is 5.92 Å². The number of rotatable bonds is 4. The molecule has 0 radical (unpaired) electrons. The second-order valence-corrected chi connectivity index (χ2v) is 5.90. The highest BCUT2D eigenvalue weighted by atomic mass is 35.5. The van der Waals surface area contributed by atoms with Gasteiger partial charge in [-0.1, -0.05) is 18.5 Å². The van der Waals surface area contributed by atoms with E-state index in [0.29, 0.717) is 5.15 Å². The van der Waals surface area contributed by atoms with Crippen molar-refractivity contribution in [2.75, 3.05) is 38.6 Å². The van der Waals surface area contributed by atoms with Crippen LogP contribution in [0.2, 0.25) is 5.15 Å². The smallest absolute Gasteiger partial charge is 0.134 e. The van der Waals surface area contributed by atoms with E-state index < -0.39 is 0 Å². The summed E-state index contributed by atoms with van der Waals surface area (Å²) in [4.78, 5) is 13.4. The Balaban J connectivity index is 1.99. The Morgan fingerprint density at radius 2 is 2.00 bits per heavy atom. The Labute approximate surface area is 120 Å². The van der Waals surface area contributed by atoms with Gasteiger partial charge in [-0.15, -0.1) is 0 Å². The molecule has 0 aliphatic carbocycles. The summed E-state index contributed by atoms with van der Waals surface area (Å²) in [6, 6.07) is 1.88. The predicted octanol–water partition coefficient (Wildman–Crippen LogP) is 2.47. The van der Waals surface area contributed by atoms with Crippen molar-refractivity contribution in [3.05, 3.63) is 17.0 Å². The Hall–Kier alpha value is -0.870. The van der Waals surface area contributed by atoms with E-state index in [0.717, 1.165) is 37.1 Å². The van der Waals surface area contributed by atoms with E-state index in [4.69, 9.17) is 11.6 Å². The monoisotopic (exact) mass is 282 g/mol. The summed E-state index contributed by atoms with van der Waals surface area (Å²) in [6.45, 7) is 5.36. The van der Waals surface area contributed by atoms with Gasteiger partial charge in [-0.2, -0.15) is 0 Å². The number of hydrogen-bond donors (Lipinski definition) is 0. The zero-order valence-electron chi connectivity index (χ0n) is 12.1. The molecule has 0 amide bonds. The van der Waals surface area contributed by atoms with E-state index in [9.17, 15) is 0 Å². The van der Waals surface area contributed by atoms with Gasteiger partial charge in [0.05, 0.1) is 0 Å². The van der Waals surface area contributed by atoms with Crippen molar-refractivity contribution in [2.45, 2.75) is 26.2 Å². The molecule has 2 heterocycles. The molecule has 5 heteroatoms. The number of hydrogen-bond acceptors (Lipinski definition) is 4. The average Bonchev–Trinajstić information content (AvgIpc) is 2.38. The van der Waals surface area contributed by atoms with Crippen molar-refractivity contribution < 1.29 is 0 Å². The van der Waals surface area contributed by atoms with Crippen molar-refractivity contribution in [3.8, 4) is 0 Å². The molecule has 106 valence electrons. The van der Waals surface area contributed by atoms with E-state index in [1.165, 1.54) is 19.4 Å². The van der Waals surface area contributed by atoms with Crippen molar-refractivity contribution in [3.63, 3.8) is 0 Å². The number of nitrogens with zero attached hydrogens (tertiary/aromatic N) is 4. The fourth-order valence-electron chi connectivity index (χ4n) is 2.63. The van der Waals surface area contributed by atoms with Gasteiger partial charge < -0.3 is 9.80 Å². The highest BCUT2D eigenvalue weighted by molar-refractivity contribution is 6.29. The molecule has 1 aromatic rings. The number of aromatic nitrogens is 2. The zero-order chi connectivity index (χ0) is 13.8. The highest BCUT2D eigenvalue weighted by Crippen LogP contribution is 2.23. The maximum atomic E-state index is 6.06. The van der Waals surface area contributed by atoms with Gasteiger partial charge in [-0.3, -0.25) is 0 Å². The SMILES string of the molecule is CCc1nc(Cl)cc(N2CCC(CN(C)C)CC2)n1. The van der Waals surface area contributed by atoms with Gasteiger partial charge in [0.15, 0.2) is 0 Å². The molecule has 1 aromatic heterocycles. The molecule has 0 atom stereocenters. The molecule has 4 nitrogen and oxygen atoms in total. The van der Waals surface area contributed by atoms with Crippen molar-refractivity contribution in [1.82, 2.24) is 14.9 Å². The molecule has 0 saturated carbocycles. The Morgan fingerprint density at radius 3 is 2.58 bits per heavy atom. The molecule has 0 spiro atoms. The maximum Gasteiger partial charge on any atom is 0.134 e. The lowest BCUT2D eigenvalue weighted by Crippen LogP contribution is -2.37. The Morgan fingerprint density at radius 1 is 1.32 bits per heavy atom. The molecule has 1 saturated heterocycles. The molecular weight excluding hydrogens is 260 g/mol. The molecule has 19 heavy (non-hydrogen) atoms. The van der Waals surface area contributed by atoms with Crippen LogP contribution in [0, 0.1) is 5.92 Å². The van der Waals surface area contributed by atoms with Crippen LogP contribution in [0.25, 0.3) is 0 Å². The van der Waals surface area contributed by atoms with Crippen LogP contribution in [0.15, 0.2) is 6.07 Å². The van der Waals surface area contributed by atoms with Crippen molar-refractivity contribution in [1.29, 1.82) is 0 Å². The van der Waals surface area contributed by atoms with E-state index in [2.05, 4.69) is 40.8 Å². The summed E-state index contributed by atoms with van der Waals surface area (Å²) in [6.07, 6.45) is 3.27. The maximum absolute atomic E-state index is 6.06.